The van der Waals surface area contributed by atoms with Crippen LogP contribution in [0.3, 0.4) is 0 Å². The first-order valence-electron chi connectivity index (χ1n) is 7.78. The number of hydrogen-bond donors (Lipinski definition) is 1. The molecule has 7 heteroatoms. The molecule has 1 aliphatic rings. The fourth-order valence-electron chi connectivity index (χ4n) is 2.86. The average Bonchev–Trinajstić information content (AvgIpc) is 2.96. The molecule has 1 saturated heterocycles. The van der Waals surface area contributed by atoms with Gasteiger partial charge in [-0.1, -0.05) is 12.1 Å². The van der Waals surface area contributed by atoms with Gasteiger partial charge in [0, 0.05) is 24.6 Å². The Balaban J connectivity index is 1.80. The Bertz CT molecular complexity index is 782. The monoisotopic (exact) mass is 347 g/mol. The zero-order valence-corrected chi connectivity index (χ0v) is 14.1. The summed E-state index contributed by atoms with van der Waals surface area (Å²) in [6.07, 6.45) is 1.16. The first-order chi connectivity index (χ1) is 11.5. The van der Waals surface area contributed by atoms with E-state index in [1.807, 2.05) is 0 Å². The van der Waals surface area contributed by atoms with Crippen molar-refractivity contribution < 1.29 is 14.0 Å². The van der Waals surface area contributed by atoms with E-state index in [4.69, 9.17) is 5.73 Å². The molecule has 0 bridgehead atoms. The van der Waals surface area contributed by atoms with Crippen molar-refractivity contribution in [3.05, 3.63) is 40.7 Å². The third-order valence-electron chi connectivity index (χ3n) is 4.28. The van der Waals surface area contributed by atoms with Gasteiger partial charge in [-0.05, 0) is 31.9 Å². The van der Waals surface area contributed by atoms with Gasteiger partial charge in [0.15, 0.2) is 0 Å². The number of hydrogen-bond acceptors (Lipinski definition) is 4. The zero-order chi connectivity index (χ0) is 17.3. The van der Waals surface area contributed by atoms with Gasteiger partial charge in [-0.3, -0.25) is 9.59 Å². The second-order valence-corrected chi connectivity index (χ2v) is 6.88. The number of likely N-dealkylation sites (tertiary alicyclic amines) is 1. The fourth-order valence-corrected chi connectivity index (χ4v) is 3.92. The van der Waals surface area contributed by atoms with Gasteiger partial charge in [0.25, 0.3) is 5.91 Å². The lowest BCUT2D eigenvalue weighted by molar-refractivity contribution is -0.123. The van der Waals surface area contributed by atoms with Crippen molar-refractivity contribution in [1.29, 1.82) is 0 Å². The van der Waals surface area contributed by atoms with Gasteiger partial charge in [0.2, 0.25) is 5.91 Å². The van der Waals surface area contributed by atoms with Crippen LogP contribution in [-0.2, 0) is 4.79 Å². The Kier molecular flexibility index (Phi) is 4.62. The van der Waals surface area contributed by atoms with E-state index in [1.54, 1.807) is 30.0 Å². The van der Waals surface area contributed by atoms with Crippen LogP contribution in [-0.4, -0.2) is 34.8 Å². The van der Waals surface area contributed by atoms with Crippen molar-refractivity contribution in [3.63, 3.8) is 0 Å². The first-order valence-corrected chi connectivity index (χ1v) is 8.60. The summed E-state index contributed by atoms with van der Waals surface area (Å²) in [4.78, 5) is 30.5. The maximum absolute atomic E-state index is 13.9. The number of halogens is 1. The predicted molar refractivity (Wildman–Crippen MR) is 90.1 cm³/mol. The molecule has 1 aromatic carbocycles. The highest BCUT2D eigenvalue weighted by Gasteiger charge is 2.28. The van der Waals surface area contributed by atoms with E-state index in [1.165, 1.54) is 17.4 Å². The van der Waals surface area contributed by atoms with Crippen LogP contribution in [0.2, 0.25) is 0 Å². The minimum absolute atomic E-state index is 0.115. The molecular formula is C17H18FN3O2S. The standard InChI is InChI=1S/C17H18FN3O2S/c1-10-14(17(23)21-8-6-11(7-9-21)15(19)22)24-16(20-10)12-4-2-3-5-13(12)18/h2-5,11H,6-9H2,1H3,(H2,19,22). The molecule has 5 nitrogen and oxygen atoms in total. The van der Waals surface area contributed by atoms with Gasteiger partial charge >= 0.3 is 0 Å². The van der Waals surface area contributed by atoms with Crippen molar-refractivity contribution >= 4 is 23.2 Å². The lowest BCUT2D eigenvalue weighted by atomic mass is 9.96. The second kappa shape index (κ2) is 6.68. The first kappa shape index (κ1) is 16.6. The molecule has 126 valence electrons. The maximum Gasteiger partial charge on any atom is 0.265 e. The van der Waals surface area contributed by atoms with E-state index in [9.17, 15) is 14.0 Å². The molecule has 0 radical (unpaired) electrons. The number of thiazole rings is 1. The molecule has 2 aromatic rings. The number of carbonyl (C=O) groups excluding carboxylic acids is 2. The average molecular weight is 347 g/mol. The van der Waals surface area contributed by atoms with Crippen LogP contribution in [0.1, 0.15) is 28.2 Å². The molecule has 2 heterocycles. The Labute approximate surface area is 143 Å². The van der Waals surface area contributed by atoms with E-state index in [2.05, 4.69) is 4.98 Å². The van der Waals surface area contributed by atoms with Gasteiger partial charge in [-0.25, -0.2) is 9.37 Å². The van der Waals surface area contributed by atoms with E-state index in [0.717, 1.165) is 0 Å². The summed E-state index contributed by atoms with van der Waals surface area (Å²) in [5, 5.41) is 0.501. The molecule has 1 aromatic heterocycles. The SMILES string of the molecule is Cc1nc(-c2ccccc2F)sc1C(=O)N1CCC(C(N)=O)CC1. The number of rotatable bonds is 3. The van der Waals surface area contributed by atoms with Crippen LogP contribution in [0.5, 0.6) is 0 Å². The highest BCUT2D eigenvalue weighted by Crippen LogP contribution is 2.31. The van der Waals surface area contributed by atoms with E-state index in [-0.39, 0.29) is 23.5 Å². The molecule has 0 spiro atoms. The highest BCUT2D eigenvalue weighted by molar-refractivity contribution is 7.17. The van der Waals surface area contributed by atoms with Gasteiger partial charge in [-0.15, -0.1) is 11.3 Å². The molecule has 0 atom stereocenters. The van der Waals surface area contributed by atoms with Crippen LogP contribution in [0, 0.1) is 18.7 Å². The number of nitrogens with zero attached hydrogens (tertiary/aromatic N) is 2. The molecule has 1 fully saturated rings. The van der Waals surface area contributed by atoms with Crippen LogP contribution < -0.4 is 5.73 Å². The Morgan fingerprint density at radius 3 is 2.58 bits per heavy atom. The van der Waals surface area contributed by atoms with Crippen LogP contribution in [0.25, 0.3) is 10.6 Å². The third-order valence-corrected chi connectivity index (χ3v) is 5.46. The number of piperidine rings is 1. The fraction of sp³-hybridized carbons (Fsp3) is 0.353. The summed E-state index contributed by atoms with van der Waals surface area (Å²) < 4.78 is 13.9. The minimum atomic E-state index is -0.354. The molecule has 0 saturated carbocycles. The second-order valence-electron chi connectivity index (χ2n) is 5.88. The molecule has 1 aliphatic heterocycles. The topological polar surface area (TPSA) is 76.3 Å². The molecule has 3 rings (SSSR count). The number of aryl methyl sites for hydroxylation is 1. The summed E-state index contributed by atoms with van der Waals surface area (Å²) in [5.74, 6) is -0.938. The van der Waals surface area contributed by atoms with Crippen molar-refractivity contribution in [2.45, 2.75) is 19.8 Å². The third kappa shape index (κ3) is 3.17. The van der Waals surface area contributed by atoms with E-state index in [0.29, 0.717) is 47.1 Å². The van der Waals surface area contributed by atoms with Gasteiger partial charge < -0.3 is 10.6 Å². The van der Waals surface area contributed by atoms with E-state index < -0.39 is 0 Å². The molecular weight excluding hydrogens is 329 g/mol. The lowest BCUT2D eigenvalue weighted by Crippen LogP contribution is -2.41. The number of nitrogens with two attached hydrogens (primary N) is 1. The molecule has 0 unspecified atom stereocenters. The summed E-state index contributed by atoms with van der Waals surface area (Å²) in [7, 11) is 0. The Morgan fingerprint density at radius 1 is 1.29 bits per heavy atom. The number of primary amides is 1. The summed E-state index contributed by atoms with van der Waals surface area (Å²) in [6.45, 7) is 2.75. The number of amides is 2. The minimum Gasteiger partial charge on any atom is -0.369 e. The summed E-state index contributed by atoms with van der Waals surface area (Å²) >= 11 is 1.20. The Hall–Kier alpha value is -2.28. The van der Waals surface area contributed by atoms with Crippen LogP contribution in [0.4, 0.5) is 4.39 Å². The van der Waals surface area contributed by atoms with Gasteiger partial charge in [-0.2, -0.15) is 0 Å². The zero-order valence-electron chi connectivity index (χ0n) is 13.3. The molecule has 24 heavy (non-hydrogen) atoms. The predicted octanol–water partition coefficient (Wildman–Crippen LogP) is 2.60. The molecule has 0 aliphatic carbocycles. The Morgan fingerprint density at radius 2 is 1.96 bits per heavy atom. The normalized spacial score (nSPS) is 15.5. The summed E-state index contributed by atoms with van der Waals surface area (Å²) in [6, 6.07) is 6.39. The van der Waals surface area contributed by atoms with E-state index >= 15 is 0 Å². The molecule has 2 N–H and O–H groups in total. The lowest BCUT2D eigenvalue weighted by Gasteiger charge is -2.30. The quantitative estimate of drug-likeness (QED) is 0.927. The van der Waals surface area contributed by atoms with Crippen molar-refractivity contribution in [2.75, 3.05) is 13.1 Å². The van der Waals surface area contributed by atoms with Crippen molar-refractivity contribution in [3.8, 4) is 10.6 Å². The summed E-state index contributed by atoms with van der Waals surface area (Å²) in [5.41, 5.74) is 6.32. The molecule has 2 amide bonds. The van der Waals surface area contributed by atoms with Crippen molar-refractivity contribution in [2.24, 2.45) is 11.7 Å². The highest BCUT2D eigenvalue weighted by atomic mass is 32.1. The smallest absolute Gasteiger partial charge is 0.265 e. The number of benzene rings is 1. The van der Waals surface area contributed by atoms with Crippen LogP contribution in [0.15, 0.2) is 24.3 Å². The number of carbonyl (C=O) groups is 2. The maximum atomic E-state index is 13.9. The van der Waals surface area contributed by atoms with Crippen molar-refractivity contribution in [1.82, 2.24) is 9.88 Å². The van der Waals surface area contributed by atoms with Gasteiger partial charge in [0.1, 0.15) is 15.7 Å². The number of aromatic nitrogens is 1. The largest absolute Gasteiger partial charge is 0.369 e. The van der Waals surface area contributed by atoms with Gasteiger partial charge in [0.05, 0.1) is 5.69 Å². The van der Waals surface area contributed by atoms with Crippen LogP contribution >= 0.6 is 11.3 Å².